The zero-order valence-corrected chi connectivity index (χ0v) is 30.0. The molecule has 2 aromatic rings. The van der Waals surface area contributed by atoms with E-state index < -0.39 is 46.2 Å². The number of ether oxygens (including phenoxy) is 2. The standard InChI is InChI=1S/C37H48ClN3O7/c1-9-34(3,4)24-18-19-27(26(21-24)35(5,6)10-2)47-20-14-17-28(42)40-23-36(7,8)32(45)37(38,30-31(44)48-29(43)22-39-30)33(46)41-25-15-12-11-13-16-25/h11-13,15-16,18-19,21H,9-10,14,17,20,22-23H2,1-8H3,(H,40,42)(H,41,46). The lowest BCUT2D eigenvalue weighted by atomic mass is 9.76. The largest absolute Gasteiger partial charge is 0.493 e. The number of hydrogen-bond acceptors (Lipinski definition) is 8. The van der Waals surface area contributed by atoms with Crippen LogP contribution in [0.4, 0.5) is 5.69 Å². The quantitative estimate of drug-likeness (QED) is 0.0948. The second kappa shape index (κ2) is 15.4. The van der Waals surface area contributed by atoms with E-state index in [4.69, 9.17) is 16.3 Å². The highest BCUT2D eigenvalue weighted by molar-refractivity contribution is 6.69. The number of cyclic esters (lactones) is 2. The van der Waals surface area contributed by atoms with E-state index in [1.165, 1.54) is 19.4 Å². The van der Waals surface area contributed by atoms with Crippen molar-refractivity contribution >= 4 is 52.5 Å². The third-order valence-electron chi connectivity index (χ3n) is 9.16. The fourth-order valence-electron chi connectivity index (χ4n) is 5.07. The molecule has 1 aliphatic heterocycles. The van der Waals surface area contributed by atoms with Gasteiger partial charge in [-0.25, -0.2) is 9.59 Å². The van der Waals surface area contributed by atoms with Crippen LogP contribution in [0.5, 0.6) is 5.75 Å². The van der Waals surface area contributed by atoms with E-state index in [1.807, 2.05) is 6.07 Å². The number of Topliss-reactive ketones (excluding diaryl/α,β-unsaturated/α-hetero) is 1. The molecule has 0 aromatic heterocycles. The van der Waals surface area contributed by atoms with Crippen molar-refractivity contribution in [3.05, 3.63) is 59.7 Å². The molecule has 2 amide bonds. The van der Waals surface area contributed by atoms with Crippen LogP contribution in [0.15, 0.2) is 53.5 Å². The Kier molecular flexibility index (Phi) is 12.4. The number of carbonyl (C=O) groups excluding carboxylic acids is 5. The molecule has 1 heterocycles. The predicted molar refractivity (Wildman–Crippen MR) is 187 cm³/mol. The Balaban J connectivity index is 1.68. The summed E-state index contributed by atoms with van der Waals surface area (Å²) in [6.07, 6.45) is 2.48. The van der Waals surface area contributed by atoms with Crippen molar-refractivity contribution in [2.24, 2.45) is 10.4 Å². The maximum absolute atomic E-state index is 14.0. The van der Waals surface area contributed by atoms with E-state index >= 15 is 0 Å². The highest BCUT2D eigenvalue weighted by Gasteiger charge is 2.57. The molecule has 48 heavy (non-hydrogen) atoms. The van der Waals surface area contributed by atoms with Gasteiger partial charge in [0.25, 0.3) is 5.91 Å². The number of rotatable bonds is 16. The summed E-state index contributed by atoms with van der Waals surface area (Å²) in [7, 11) is 0. The molecule has 11 heteroatoms. The Morgan fingerprint density at radius 3 is 2.19 bits per heavy atom. The van der Waals surface area contributed by atoms with Gasteiger partial charge in [0.1, 0.15) is 12.3 Å². The first-order valence-electron chi connectivity index (χ1n) is 16.3. The molecule has 2 N–H and O–H groups in total. The Morgan fingerprint density at radius 1 is 0.938 bits per heavy atom. The first kappa shape index (κ1) is 38.4. The number of para-hydroxylation sites is 1. The van der Waals surface area contributed by atoms with Crippen LogP contribution in [0, 0.1) is 5.41 Å². The Labute approximate surface area is 288 Å². The summed E-state index contributed by atoms with van der Waals surface area (Å²) < 4.78 is 10.8. The Morgan fingerprint density at radius 2 is 1.58 bits per heavy atom. The van der Waals surface area contributed by atoms with Gasteiger partial charge >= 0.3 is 11.9 Å². The highest BCUT2D eigenvalue weighted by Crippen LogP contribution is 2.39. The number of benzene rings is 2. The molecule has 0 bridgehead atoms. The van der Waals surface area contributed by atoms with Crippen LogP contribution < -0.4 is 15.4 Å². The number of carbonyl (C=O) groups is 5. The van der Waals surface area contributed by atoms with Crippen molar-refractivity contribution in [1.82, 2.24) is 5.32 Å². The van der Waals surface area contributed by atoms with Crippen LogP contribution in [0.2, 0.25) is 0 Å². The van der Waals surface area contributed by atoms with Gasteiger partial charge < -0.3 is 20.1 Å². The van der Waals surface area contributed by atoms with E-state index in [-0.39, 0.29) is 29.7 Å². The molecule has 0 spiro atoms. The molecular formula is C37H48ClN3O7. The number of ketones is 1. The third-order valence-corrected chi connectivity index (χ3v) is 9.68. The molecule has 1 unspecified atom stereocenters. The van der Waals surface area contributed by atoms with Crippen LogP contribution in [0.1, 0.15) is 92.2 Å². The van der Waals surface area contributed by atoms with E-state index in [1.54, 1.807) is 30.3 Å². The van der Waals surface area contributed by atoms with E-state index in [0.29, 0.717) is 18.7 Å². The van der Waals surface area contributed by atoms with Crippen LogP contribution in [0.3, 0.4) is 0 Å². The van der Waals surface area contributed by atoms with Crippen molar-refractivity contribution in [1.29, 1.82) is 0 Å². The van der Waals surface area contributed by atoms with Crippen molar-refractivity contribution in [2.75, 3.05) is 25.0 Å². The van der Waals surface area contributed by atoms with Crippen molar-refractivity contribution < 1.29 is 33.4 Å². The molecule has 0 radical (unpaired) electrons. The summed E-state index contributed by atoms with van der Waals surface area (Å²) in [5.41, 5.74) is 0.494. The number of aliphatic imine (C=N–C) groups is 1. The minimum Gasteiger partial charge on any atom is -0.493 e. The SMILES string of the molecule is CCC(C)(C)c1ccc(OCCCC(=O)NCC(C)(C)C(=O)C(Cl)(C(=O)Nc2ccccc2)C2=NCC(=O)OC2=O)c(C(C)(C)CC)c1. The number of amides is 2. The van der Waals surface area contributed by atoms with E-state index in [9.17, 15) is 24.0 Å². The summed E-state index contributed by atoms with van der Waals surface area (Å²) in [6, 6.07) is 14.6. The zero-order valence-electron chi connectivity index (χ0n) is 29.3. The first-order chi connectivity index (χ1) is 22.4. The summed E-state index contributed by atoms with van der Waals surface area (Å²) in [5, 5.41) is 5.28. The Bertz CT molecular complexity index is 1570. The molecular weight excluding hydrogens is 634 g/mol. The van der Waals surface area contributed by atoms with Gasteiger partial charge in [-0.2, -0.15) is 0 Å². The van der Waals surface area contributed by atoms with Gasteiger partial charge in [0.05, 0.1) is 6.61 Å². The molecule has 1 aliphatic rings. The summed E-state index contributed by atoms with van der Waals surface area (Å²) >= 11 is 6.74. The maximum atomic E-state index is 14.0. The van der Waals surface area contributed by atoms with E-state index in [0.717, 1.165) is 24.2 Å². The molecule has 0 saturated heterocycles. The van der Waals surface area contributed by atoms with Gasteiger partial charge in [0, 0.05) is 29.6 Å². The minimum atomic E-state index is -2.64. The summed E-state index contributed by atoms with van der Waals surface area (Å²) in [6.45, 7) is 15.7. The monoisotopic (exact) mass is 681 g/mol. The molecule has 260 valence electrons. The van der Waals surface area contributed by atoms with Crippen molar-refractivity contribution in [3.8, 4) is 5.75 Å². The van der Waals surface area contributed by atoms with Crippen LogP contribution >= 0.6 is 11.6 Å². The summed E-state index contributed by atoms with van der Waals surface area (Å²) in [4.78, 5) is 65.9. The fourth-order valence-corrected chi connectivity index (χ4v) is 5.51. The smallest absolute Gasteiger partial charge is 0.362 e. The van der Waals surface area contributed by atoms with Gasteiger partial charge in [-0.1, -0.05) is 97.3 Å². The topological polar surface area (TPSA) is 140 Å². The molecule has 0 fully saturated rings. The van der Waals surface area contributed by atoms with Crippen molar-refractivity contribution in [3.63, 3.8) is 0 Å². The minimum absolute atomic E-state index is 0.0331. The van der Waals surface area contributed by atoms with Crippen LogP contribution in [-0.2, 0) is 39.5 Å². The molecule has 1 atom stereocenters. The number of esters is 2. The lowest BCUT2D eigenvalue weighted by Gasteiger charge is -2.34. The average molecular weight is 682 g/mol. The molecule has 0 aliphatic carbocycles. The first-order valence-corrected chi connectivity index (χ1v) is 16.7. The van der Waals surface area contributed by atoms with Gasteiger partial charge in [-0.05, 0) is 53.9 Å². The zero-order chi connectivity index (χ0) is 35.9. The Hall–Kier alpha value is -4.05. The second-order valence-electron chi connectivity index (χ2n) is 14.0. The predicted octanol–water partition coefficient (Wildman–Crippen LogP) is 6.07. The number of nitrogens with zero attached hydrogens (tertiary/aromatic N) is 1. The molecule has 10 nitrogen and oxygen atoms in total. The van der Waals surface area contributed by atoms with Gasteiger partial charge in [0.2, 0.25) is 10.8 Å². The molecule has 2 aromatic carbocycles. The average Bonchev–Trinajstić information content (AvgIpc) is 3.05. The summed E-state index contributed by atoms with van der Waals surface area (Å²) in [5.74, 6) is -3.70. The number of nitrogens with one attached hydrogen (secondary N) is 2. The highest BCUT2D eigenvalue weighted by atomic mass is 35.5. The van der Waals surface area contributed by atoms with Crippen molar-refractivity contribution in [2.45, 2.75) is 96.8 Å². The number of hydrogen-bond donors (Lipinski definition) is 2. The number of alkyl halides is 1. The normalized spacial score (nSPS) is 15.1. The van der Waals surface area contributed by atoms with E-state index in [2.05, 4.69) is 74.0 Å². The number of halogens is 1. The third kappa shape index (κ3) is 8.89. The maximum Gasteiger partial charge on any atom is 0.362 e. The van der Waals surface area contributed by atoms with Crippen LogP contribution in [-0.4, -0.2) is 59.8 Å². The lowest BCUT2D eigenvalue weighted by Crippen LogP contribution is -2.61. The van der Waals surface area contributed by atoms with Gasteiger partial charge in [0.15, 0.2) is 11.5 Å². The van der Waals surface area contributed by atoms with Crippen LogP contribution in [0.25, 0.3) is 0 Å². The molecule has 3 rings (SSSR count). The van der Waals surface area contributed by atoms with Gasteiger partial charge in [-0.15, -0.1) is 0 Å². The number of anilines is 1. The lowest BCUT2D eigenvalue weighted by molar-refractivity contribution is -0.155. The second-order valence-corrected chi connectivity index (χ2v) is 14.6. The molecule has 0 saturated carbocycles. The van der Waals surface area contributed by atoms with Gasteiger partial charge in [-0.3, -0.25) is 19.4 Å². The fraction of sp³-hybridized carbons (Fsp3) is 0.514.